The van der Waals surface area contributed by atoms with Crippen LogP contribution in [0, 0.1) is 0 Å². The van der Waals surface area contributed by atoms with E-state index in [1.165, 1.54) is 30.3 Å². The summed E-state index contributed by atoms with van der Waals surface area (Å²) < 4.78 is 29.3. The van der Waals surface area contributed by atoms with Crippen LogP contribution in [-0.4, -0.2) is 25.8 Å². The highest BCUT2D eigenvalue weighted by molar-refractivity contribution is 7.91. The Morgan fingerprint density at radius 1 is 1.16 bits per heavy atom. The summed E-state index contributed by atoms with van der Waals surface area (Å²) in [4.78, 5) is 21.1. The van der Waals surface area contributed by atoms with Gasteiger partial charge in [-0.3, -0.25) is 4.79 Å². The van der Waals surface area contributed by atoms with Crippen molar-refractivity contribution in [3.63, 3.8) is 0 Å². The van der Waals surface area contributed by atoms with Gasteiger partial charge in [-0.25, -0.2) is 13.2 Å². The highest BCUT2D eigenvalue weighted by Gasteiger charge is 2.26. The Bertz CT molecular complexity index is 741. The number of carbonyl (C=O) groups is 2. The SMILES string of the molecule is O=Cc1ccc(S(=O)(=O)c2ccccc2C(=O)O)o1. The number of sulfone groups is 1. The lowest BCUT2D eigenvalue weighted by Crippen LogP contribution is -2.08. The summed E-state index contributed by atoms with van der Waals surface area (Å²) in [5, 5.41) is 8.51. The molecule has 0 bridgehead atoms. The van der Waals surface area contributed by atoms with E-state index in [0.717, 1.165) is 6.07 Å². The molecule has 98 valence electrons. The summed E-state index contributed by atoms with van der Waals surface area (Å²) in [5.41, 5.74) is -0.355. The van der Waals surface area contributed by atoms with Crippen molar-refractivity contribution in [1.29, 1.82) is 0 Å². The first-order chi connectivity index (χ1) is 8.96. The van der Waals surface area contributed by atoms with Gasteiger partial charge in [-0.1, -0.05) is 12.1 Å². The molecule has 0 saturated heterocycles. The lowest BCUT2D eigenvalue weighted by atomic mass is 10.2. The maximum Gasteiger partial charge on any atom is 0.337 e. The van der Waals surface area contributed by atoms with Crippen LogP contribution in [0.5, 0.6) is 0 Å². The number of furan rings is 1. The molecule has 0 fully saturated rings. The molecule has 0 aliphatic carbocycles. The summed E-state index contributed by atoms with van der Waals surface area (Å²) in [6, 6.07) is 7.48. The van der Waals surface area contributed by atoms with Crippen molar-refractivity contribution >= 4 is 22.1 Å². The van der Waals surface area contributed by atoms with Crippen LogP contribution in [0.4, 0.5) is 0 Å². The van der Waals surface area contributed by atoms with Crippen LogP contribution in [0.1, 0.15) is 20.9 Å². The Kier molecular flexibility index (Phi) is 3.22. The second kappa shape index (κ2) is 4.69. The van der Waals surface area contributed by atoms with E-state index in [9.17, 15) is 18.0 Å². The number of aromatic carboxylic acids is 1. The number of hydrogen-bond acceptors (Lipinski definition) is 5. The number of rotatable bonds is 4. The normalized spacial score (nSPS) is 11.2. The van der Waals surface area contributed by atoms with Gasteiger partial charge in [-0.2, -0.15) is 0 Å². The molecule has 0 aliphatic heterocycles. The Hall–Kier alpha value is -2.41. The zero-order valence-electron chi connectivity index (χ0n) is 9.44. The fourth-order valence-electron chi connectivity index (χ4n) is 1.53. The fraction of sp³-hybridized carbons (Fsp3) is 0. The molecule has 2 rings (SSSR count). The van der Waals surface area contributed by atoms with Crippen LogP contribution in [0.25, 0.3) is 0 Å². The first-order valence-electron chi connectivity index (χ1n) is 5.09. The average molecular weight is 280 g/mol. The van der Waals surface area contributed by atoms with Gasteiger partial charge in [0.25, 0.3) is 0 Å². The molecule has 2 aromatic rings. The standard InChI is InChI=1S/C12H8O6S/c13-7-8-5-6-11(18-8)19(16,17)10-4-2-1-3-9(10)12(14)15/h1-7H,(H,14,15). The number of aldehydes is 1. The summed E-state index contributed by atoms with van der Waals surface area (Å²) in [6.45, 7) is 0. The molecule has 19 heavy (non-hydrogen) atoms. The van der Waals surface area contributed by atoms with Gasteiger partial charge < -0.3 is 9.52 Å². The zero-order valence-corrected chi connectivity index (χ0v) is 10.3. The lowest BCUT2D eigenvalue weighted by molar-refractivity contribution is 0.0692. The van der Waals surface area contributed by atoms with Crippen molar-refractivity contribution in [3.8, 4) is 0 Å². The molecule has 0 atom stereocenters. The van der Waals surface area contributed by atoms with Crippen LogP contribution in [0.3, 0.4) is 0 Å². The van der Waals surface area contributed by atoms with Gasteiger partial charge >= 0.3 is 5.97 Å². The number of carboxylic acid groups (broad SMARTS) is 1. The van der Waals surface area contributed by atoms with Crippen LogP contribution in [0.15, 0.2) is 50.8 Å². The Morgan fingerprint density at radius 2 is 1.84 bits per heavy atom. The molecule has 1 N–H and O–H groups in total. The molecule has 0 spiro atoms. The van der Waals surface area contributed by atoms with Gasteiger partial charge in [0.1, 0.15) is 0 Å². The number of carbonyl (C=O) groups excluding carboxylic acids is 1. The number of benzene rings is 1. The van der Waals surface area contributed by atoms with E-state index < -0.39 is 20.9 Å². The highest BCUT2D eigenvalue weighted by Crippen LogP contribution is 2.25. The largest absolute Gasteiger partial charge is 0.478 e. The zero-order chi connectivity index (χ0) is 14.0. The summed E-state index contributed by atoms with van der Waals surface area (Å²) in [5.74, 6) is -1.51. The van der Waals surface area contributed by atoms with Crippen LogP contribution in [0.2, 0.25) is 0 Å². The predicted octanol–water partition coefficient (Wildman–Crippen LogP) is 1.62. The molecule has 0 radical (unpaired) electrons. The molecule has 0 aliphatic rings. The third-order valence-electron chi connectivity index (χ3n) is 2.39. The number of hydrogen-bond donors (Lipinski definition) is 1. The monoisotopic (exact) mass is 280 g/mol. The van der Waals surface area contributed by atoms with Gasteiger partial charge in [0, 0.05) is 0 Å². The first kappa shape index (κ1) is 13.0. The minimum atomic E-state index is -4.11. The molecule has 1 aromatic carbocycles. The lowest BCUT2D eigenvalue weighted by Gasteiger charge is -2.04. The quantitative estimate of drug-likeness (QED) is 0.854. The van der Waals surface area contributed by atoms with Crippen LogP contribution >= 0.6 is 0 Å². The fourth-order valence-corrected chi connectivity index (χ4v) is 2.90. The molecule has 6 nitrogen and oxygen atoms in total. The van der Waals surface area contributed by atoms with Crippen LogP contribution in [-0.2, 0) is 9.84 Å². The Labute approximate surface area is 108 Å². The maximum atomic E-state index is 12.2. The van der Waals surface area contributed by atoms with E-state index in [1.54, 1.807) is 0 Å². The van der Waals surface area contributed by atoms with E-state index in [0.29, 0.717) is 6.29 Å². The van der Waals surface area contributed by atoms with E-state index in [1.807, 2.05) is 0 Å². The maximum absolute atomic E-state index is 12.2. The Balaban J connectivity index is 2.63. The van der Waals surface area contributed by atoms with Gasteiger partial charge in [0.2, 0.25) is 14.9 Å². The first-order valence-corrected chi connectivity index (χ1v) is 6.57. The molecule has 7 heteroatoms. The van der Waals surface area contributed by atoms with Crippen molar-refractivity contribution in [2.24, 2.45) is 0 Å². The van der Waals surface area contributed by atoms with Gasteiger partial charge in [0.05, 0.1) is 10.5 Å². The van der Waals surface area contributed by atoms with Crippen molar-refractivity contribution in [2.75, 3.05) is 0 Å². The van der Waals surface area contributed by atoms with Gasteiger partial charge in [-0.05, 0) is 24.3 Å². The van der Waals surface area contributed by atoms with E-state index in [2.05, 4.69) is 0 Å². The highest BCUT2D eigenvalue weighted by atomic mass is 32.2. The van der Waals surface area contributed by atoms with E-state index in [-0.39, 0.29) is 16.2 Å². The van der Waals surface area contributed by atoms with Crippen LogP contribution < -0.4 is 0 Å². The molecular formula is C12H8O6S. The molecule has 0 amide bonds. The summed E-state index contributed by atoms with van der Waals surface area (Å²) in [7, 11) is -4.11. The van der Waals surface area contributed by atoms with Crippen molar-refractivity contribution in [1.82, 2.24) is 0 Å². The molecular weight excluding hydrogens is 272 g/mol. The van der Waals surface area contributed by atoms with Gasteiger partial charge in [0.15, 0.2) is 12.0 Å². The third kappa shape index (κ3) is 2.27. The molecule has 1 aromatic heterocycles. The summed E-state index contributed by atoms with van der Waals surface area (Å²) >= 11 is 0. The molecule has 0 saturated carbocycles. The predicted molar refractivity (Wildman–Crippen MR) is 62.9 cm³/mol. The Morgan fingerprint density at radius 3 is 2.42 bits per heavy atom. The van der Waals surface area contributed by atoms with Crippen molar-refractivity contribution in [2.45, 2.75) is 9.99 Å². The molecule has 0 unspecified atom stereocenters. The second-order valence-electron chi connectivity index (χ2n) is 3.58. The topological polar surface area (TPSA) is 102 Å². The third-order valence-corrected chi connectivity index (χ3v) is 4.07. The van der Waals surface area contributed by atoms with Crippen molar-refractivity contribution < 1.29 is 27.5 Å². The van der Waals surface area contributed by atoms with E-state index in [4.69, 9.17) is 9.52 Å². The van der Waals surface area contributed by atoms with Gasteiger partial charge in [-0.15, -0.1) is 0 Å². The summed E-state index contributed by atoms with van der Waals surface area (Å²) in [6.07, 6.45) is 0.363. The van der Waals surface area contributed by atoms with Crippen molar-refractivity contribution in [3.05, 3.63) is 47.7 Å². The minimum Gasteiger partial charge on any atom is -0.478 e. The van der Waals surface area contributed by atoms with E-state index >= 15 is 0 Å². The smallest absolute Gasteiger partial charge is 0.337 e. The minimum absolute atomic E-state index is 0.147. The average Bonchev–Trinajstić information content (AvgIpc) is 2.88. The number of carboxylic acids is 1. The second-order valence-corrected chi connectivity index (χ2v) is 5.43. The molecule has 1 heterocycles.